The molecule has 0 unspecified atom stereocenters. The Labute approximate surface area is 160 Å². The van der Waals surface area contributed by atoms with E-state index in [0.717, 1.165) is 5.56 Å². The molecule has 0 aliphatic heterocycles. The largest absolute Gasteiger partial charge is 0.396 e. The number of alkyl halides is 3. The minimum atomic E-state index is -4.48. The van der Waals surface area contributed by atoms with Crippen LogP contribution in [0.1, 0.15) is 28.2 Å². The minimum Gasteiger partial charge on any atom is -0.207 e. The quantitative estimate of drug-likeness (QED) is 0.325. The first-order valence-corrected chi connectivity index (χ1v) is 8.66. The van der Waals surface area contributed by atoms with Gasteiger partial charge in [0.25, 0.3) is 0 Å². The number of rotatable bonds is 5. The van der Waals surface area contributed by atoms with E-state index in [9.17, 15) is 22.0 Å². The van der Waals surface area contributed by atoms with Crippen LogP contribution in [0.3, 0.4) is 0 Å². The van der Waals surface area contributed by atoms with Crippen molar-refractivity contribution in [2.45, 2.75) is 18.5 Å². The third kappa shape index (κ3) is 5.06. The van der Waals surface area contributed by atoms with Gasteiger partial charge in [-0.1, -0.05) is 66.7 Å². The maximum absolute atomic E-state index is 14.4. The summed E-state index contributed by atoms with van der Waals surface area (Å²) in [6, 6.07) is 17.4. The van der Waals surface area contributed by atoms with Crippen LogP contribution < -0.4 is 0 Å². The van der Waals surface area contributed by atoms with Gasteiger partial charge in [0.15, 0.2) is 0 Å². The van der Waals surface area contributed by atoms with Crippen LogP contribution >= 0.6 is 0 Å². The van der Waals surface area contributed by atoms with Crippen molar-refractivity contribution in [3.63, 3.8) is 0 Å². The summed E-state index contributed by atoms with van der Waals surface area (Å²) in [6.07, 6.45) is -1.65. The topological polar surface area (TPSA) is 0 Å². The van der Waals surface area contributed by atoms with Gasteiger partial charge in [0, 0.05) is 0 Å². The predicted molar refractivity (Wildman–Crippen MR) is 101 cm³/mol. The second-order valence-electron chi connectivity index (χ2n) is 6.44. The Morgan fingerprint density at radius 3 is 1.96 bits per heavy atom. The van der Waals surface area contributed by atoms with Gasteiger partial charge >= 0.3 is 6.18 Å². The van der Waals surface area contributed by atoms with Gasteiger partial charge in [-0.05, 0) is 46.9 Å². The number of hydrogen-bond donors (Lipinski definition) is 0. The van der Waals surface area contributed by atoms with E-state index < -0.39 is 24.3 Å². The Bertz CT molecular complexity index is 941. The van der Waals surface area contributed by atoms with Crippen molar-refractivity contribution in [2.24, 2.45) is 0 Å². The molecule has 0 fully saturated rings. The van der Waals surface area contributed by atoms with Crippen molar-refractivity contribution in [1.29, 1.82) is 0 Å². The molecule has 3 rings (SSSR count). The minimum absolute atomic E-state index is 0.00473. The van der Waals surface area contributed by atoms with E-state index in [1.165, 1.54) is 48.5 Å². The van der Waals surface area contributed by atoms with Gasteiger partial charge in [-0.15, -0.1) is 0 Å². The monoisotopic (exact) mass is 388 g/mol. The van der Waals surface area contributed by atoms with E-state index in [-0.39, 0.29) is 16.9 Å². The zero-order chi connectivity index (χ0) is 20.1. The van der Waals surface area contributed by atoms with Gasteiger partial charge in [0.2, 0.25) is 0 Å². The molecule has 0 bridgehead atoms. The molecule has 0 aromatic heterocycles. The molecule has 144 valence electrons. The maximum atomic E-state index is 14.4. The SMILES string of the molecule is Fc1ccc(/C=C/c2ccc(C[C@@H](c3ccccc3)C(F)(F)F)c(F)c2)cc1. The van der Waals surface area contributed by atoms with Crippen molar-refractivity contribution in [1.82, 2.24) is 0 Å². The van der Waals surface area contributed by atoms with Gasteiger partial charge in [0.05, 0.1) is 5.92 Å². The Morgan fingerprint density at radius 1 is 0.750 bits per heavy atom. The molecule has 0 radical (unpaired) electrons. The standard InChI is InChI=1S/C23H17F5/c24-20-12-9-16(10-13-20)6-7-17-8-11-19(22(25)14-17)15-21(23(26,27)28)18-4-2-1-3-5-18/h1-14,21H,15H2/b7-6+/t21-/m0/s1. The molecule has 0 spiro atoms. The molecule has 0 N–H and O–H groups in total. The summed E-state index contributed by atoms with van der Waals surface area (Å²) in [5, 5.41) is 0. The third-order valence-corrected chi connectivity index (χ3v) is 4.44. The summed E-state index contributed by atoms with van der Waals surface area (Å²) < 4.78 is 67.8. The second kappa shape index (κ2) is 8.38. The van der Waals surface area contributed by atoms with Crippen LogP contribution in [0.25, 0.3) is 12.2 Å². The zero-order valence-corrected chi connectivity index (χ0v) is 14.8. The van der Waals surface area contributed by atoms with Crippen molar-refractivity contribution in [2.75, 3.05) is 0 Å². The Kier molecular flexibility index (Phi) is 5.93. The van der Waals surface area contributed by atoms with Crippen LogP contribution in [-0.2, 0) is 6.42 Å². The molecule has 0 saturated carbocycles. The van der Waals surface area contributed by atoms with Gasteiger partial charge in [-0.25, -0.2) is 8.78 Å². The van der Waals surface area contributed by atoms with E-state index in [1.807, 2.05) is 0 Å². The second-order valence-corrected chi connectivity index (χ2v) is 6.44. The first-order chi connectivity index (χ1) is 13.3. The van der Waals surface area contributed by atoms with Crippen molar-refractivity contribution in [3.05, 3.63) is 107 Å². The molecule has 0 aliphatic rings. The van der Waals surface area contributed by atoms with Crippen molar-refractivity contribution in [3.8, 4) is 0 Å². The van der Waals surface area contributed by atoms with Crippen molar-refractivity contribution < 1.29 is 22.0 Å². The highest BCUT2D eigenvalue weighted by molar-refractivity contribution is 5.69. The fourth-order valence-corrected chi connectivity index (χ4v) is 2.93. The molecule has 3 aromatic carbocycles. The molecule has 0 nitrogen and oxygen atoms in total. The fourth-order valence-electron chi connectivity index (χ4n) is 2.93. The van der Waals surface area contributed by atoms with Crippen LogP contribution in [0, 0.1) is 11.6 Å². The van der Waals surface area contributed by atoms with Crippen LogP contribution in [0.5, 0.6) is 0 Å². The lowest BCUT2D eigenvalue weighted by molar-refractivity contribution is -0.150. The van der Waals surface area contributed by atoms with Gasteiger partial charge in [0.1, 0.15) is 11.6 Å². The lowest BCUT2D eigenvalue weighted by Crippen LogP contribution is -2.23. The van der Waals surface area contributed by atoms with Gasteiger partial charge in [-0.3, -0.25) is 0 Å². The number of benzene rings is 3. The molecule has 0 saturated heterocycles. The van der Waals surface area contributed by atoms with Crippen LogP contribution in [0.2, 0.25) is 0 Å². The predicted octanol–water partition coefficient (Wildman–Crippen LogP) is 7.02. The summed E-state index contributed by atoms with van der Waals surface area (Å²) >= 11 is 0. The zero-order valence-electron chi connectivity index (χ0n) is 14.8. The molecule has 28 heavy (non-hydrogen) atoms. The molecule has 5 heteroatoms. The van der Waals surface area contributed by atoms with Crippen LogP contribution in [-0.4, -0.2) is 6.18 Å². The summed E-state index contributed by atoms with van der Waals surface area (Å²) in [7, 11) is 0. The first-order valence-electron chi connectivity index (χ1n) is 8.66. The Balaban J connectivity index is 1.80. The van der Waals surface area contributed by atoms with E-state index in [1.54, 1.807) is 36.4 Å². The molecule has 0 heterocycles. The van der Waals surface area contributed by atoms with E-state index in [0.29, 0.717) is 5.56 Å². The molecular formula is C23H17F5. The third-order valence-electron chi connectivity index (χ3n) is 4.44. The summed E-state index contributed by atoms with van der Waals surface area (Å²) in [6.45, 7) is 0. The molecule has 0 aliphatic carbocycles. The summed E-state index contributed by atoms with van der Waals surface area (Å²) in [5.41, 5.74) is 1.35. The fraction of sp³-hybridized carbons (Fsp3) is 0.130. The van der Waals surface area contributed by atoms with E-state index in [2.05, 4.69) is 0 Å². The molecule has 0 amide bonds. The summed E-state index contributed by atoms with van der Waals surface area (Å²) in [4.78, 5) is 0. The molecule has 1 atom stereocenters. The van der Waals surface area contributed by atoms with Gasteiger partial charge in [-0.2, -0.15) is 13.2 Å². The van der Waals surface area contributed by atoms with E-state index in [4.69, 9.17) is 0 Å². The normalized spacial score (nSPS) is 13.0. The lowest BCUT2D eigenvalue weighted by atomic mass is 9.91. The highest BCUT2D eigenvalue weighted by Gasteiger charge is 2.40. The molecule has 3 aromatic rings. The number of hydrogen-bond acceptors (Lipinski definition) is 0. The first kappa shape index (κ1) is 19.8. The Morgan fingerprint density at radius 2 is 1.36 bits per heavy atom. The smallest absolute Gasteiger partial charge is 0.207 e. The van der Waals surface area contributed by atoms with Crippen LogP contribution in [0.4, 0.5) is 22.0 Å². The van der Waals surface area contributed by atoms with Crippen molar-refractivity contribution >= 4 is 12.2 Å². The molecular weight excluding hydrogens is 371 g/mol. The lowest BCUT2D eigenvalue weighted by Gasteiger charge is -2.21. The highest BCUT2D eigenvalue weighted by atomic mass is 19.4. The van der Waals surface area contributed by atoms with E-state index >= 15 is 0 Å². The number of halogens is 5. The van der Waals surface area contributed by atoms with Gasteiger partial charge < -0.3 is 0 Å². The summed E-state index contributed by atoms with van der Waals surface area (Å²) in [5.74, 6) is -2.82. The highest BCUT2D eigenvalue weighted by Crippen LogP contribution is 2.37. The average Bonchev–Trinajstić information content (AvgIpc) is 2.66. The Hall–Kier alpha value is -2.95. The average molecular weight is 388 g/mol. The van der Waals surface area contributed by atoms with Crippen LogP contribution in [0.15, 0.2) is 72.8 Å². The maximum Gasteiger partial charge on any atom is 0.396 e.